The predicted octanol–water partition coefficient (Wildman–Crippen LogP) is 3.09. The van der Waals surface area contributed by atoms with Gasteiger partial charge < -0.3 is 24.4 Å². The van der Waals surface area contributed by atoms with Crippen LogP contribution >= 0.6 is 11.8 Å². The van der Waals surface area contributed by atoms with Gasteiger partial charge in [0, 0.05) is 7.05 Å². The highest BCUT2D eigenvalue weighted by Crippen LogP contribution is 2.18. The number of benzene rings is 2. The molecule has 0 aromatic heterocycles. The summed E-state index contributed by atoms with van der Waals surface area (Å²) < 4.78 is 16.1. The smallest absolute Gasteiger partial charge is 0.255 e. The van der Waals surface area contributed by atoms with Crippen LogP contribution in [0.1, 0.15) is 16.8 Å². The summed E-state index contributed by atoms with van der Waals surface area (Å²) >= 11 is 1.63. The molecule has 0 spiro atoms. The number of rotatable bonds is 12. The van der Waals surface area contributed by atoms with Crippen LogP contribution in [0.15, 0.2) is 48.5 Å². The molecule has 1 atom stereocenters. The first-order valence-electron chi connectivity index (χ1n) is 9.94. The topological polar surface area (TPSA) is 77.1 Å². The number of hydrogen-bond acceptors (Lipinski definition) is 6. The largest absolute Gasteiger partial charge is 0.497 e. The lowest BCUT2D eigenvalue weighted by Crippen LogP contribution is -2.48. The van der Waals surface area contributed by atoms with Gasteiger partial charge in [0.05, 0.1) is 26.3 Å². The Balaban J connectivity index is 1.96. The maximum atomic E-state index is 13.0. The Morgan fingerprint density at radius 2 is 1.71 bits per heavy atom. The van der Waals surface area contributed by atoms with Gasteiger partial charge in [-0.2, -0.15) is 11.8 Å². The fourth-order valence-electron chi connectivity index (χ4n) is 2.91. The van der Waals surface area contributed by atoms with E-state index in [4.69, 9.17) is 14.2 Å². The third-order valence-electron chi connectivity index (χ3n) is 4.70. The molecule has 1 unspecified atom stereocenters. The number of ether oxygens (including phenoxy) is 3. The second-order valence-corrected chi connectivity index (χ2v) is 7.78. The predicted molar refractivity (Wildman–Crippen MR) is 123 cm³/mol. The van der Waals surface area contributed by atoms with Crippen molar-refractivity contribution in [2.24, 2.45) is 0 Å². The van der Waals surface area contributed by atoms with Crippen LogP contribution in [0, 0.1) is 0 Å². The number of carbonyl (C=O) groups is 2. The molecule has 0 saturated carbocycles. The van der Waals surface area contributed by atoms with Crippen LogP contribution in [0.2, 0.25) is 0 Å². The summed E-state index contributed by atoms with van der Waals surface area (Å²) in [5.41, 5.74) is 0.400. The zero-order valence-corrected chi connectivity index (χ0v) is 19.2. The Bertz CT molecular complexity index is 844. The highest BCUT2D eigenvalue weighted by Gasteiger charge is 2.25. The van der Waals surface area contributed by atoms with E-state index in [1.54, 1.807) is 55.1 Å². The highest BCUT2D eigenvalue weighted by molar-refractivity contribution is 7.98. The lowest BCUT2D eigenvalue weighted by atomic mass is 10.1. The van der Waals surface area contributed by atoms with Crippen molar-refractivity contribution in [1.29, 1.82) is 0 Å². The standard InChI is InChI=1S/C23H30N2O5S/c1-25(14-15-30-18-11-9-17(28-2)10-12-18)23(27)20(13-16-31-4)24-22(26)19-7-5-6-8-21(19)29-3/h5-12,20H,13-16H2,1-4H3,(H,24,26). The zero-order valence-electron chi connectivity index (χ0n) is 18.4. The van der Waals surface area contributed by atoms with Crippen LogP contribution in [0.3, 0.4) is 0 Å². The number of amides is 2. The lowest BCUT2D eigenvalue weighted by molar-refractivity contribution is -0.132. The molecule has 7 nitrogen and oxygen atoms in total. The number of nitrogens with zero attached hydrogens (tertiary/aromatic N) is 1. The normalized spacial score (nSPS) is 11.4. The fraction of sp³-hybridized carbons (Fsp3) is 0.391. The first-order valence-corrected chi connectivity index (χ1v) is 11.3. The van der Waals surface area contributed by atoms with Crippen molar-refractivity contribution in [3.8, 4) is 17.2 Å². The molecule has 0 bridgehead atoms. The van der Waals surface area contributed by atoms with Gasteiger partial charge in [-0.1, -0.05) is 12.1 Å². The van der Waals surface area contributed by atoms with Gasteiger partial charge in [0.15, 0.2) is 0 Å². The first-order chi connectivity index (χ1) is 15.0. The Hall–Kier alpha value is -2.87. The summed E-state index contributed by atoms with van der Waals surface area (Å²) in [6, 6.07) is 13.6. The zero-order chi connectivity index (χ0) is 22.6. The average Bonchev–Trinajstić information content (AvgIpc) is 2.81. The molecular weight excluding hydrogens is 416 g/mol. The molecule has 0 aliphatic rings. The molecule has 1 N–H and O–H groups in total. The number of hydrogen-bond donors (Lipinski definition) is 1. The van der Waals surface area contributed by atoms with Crippen LogP contribution < -0.4 is 19.5 Å². The maximum absolute atomic E-state index is 13.0. The van der Waals surface area contributed by atoms with E-state index in [-0.39, 0.29) is 11.8 Å². The summed E-state index contributed by atoms with van der Waals surface area (Å²) in [5.74, 6) is 2.18. The molecule has 2 aromatic carbocycles. The third kappa shape index (κ3) is 7.40. The molecule has 2 aromatic rings. The number of carbonyl (C=O) groups excluding carboxylic acids is 2. The van der Waals surface area contributed by atoms with E-state index >= 15 is 0 Å². The van der Waals surface area contributed by atoms with E-state index in [1.807, 2.05) is 30.5 Å². The van der Waals surface area contributed by atoms with Crippen LogP contribution in [-0.4, -0.2) is 69.2 Å². The molecule has 2 amide bonds. The number of para-hydroxylation sites is 1. The van der Waals surface area contributed by atoms with E-state index in [1.165, 1.54) is 7.11 Å². The van der Waals surface area contributed by atoms with E-state index in [0.717, 1.165) is 11.5 Å². The van der Waals surface area contributed by atoms with Gasteiger partial charge in [-0.05, 0) is 54.8 Å². The molecule has 168 valence electrons. The fourth-order valence-corrected chi connectivity index (χ4v) is 3.38. The van der Waals surface area contributed by atoms with Crippen molar-refractivity contribution < 1.29 is 23.8 Å². The van der Waals surface area contributed by atoms with Crippen molar-refractivity contribution >= 4 is 23.6 Å². The molecule has 0 saturated heterocycles. The van der Waals surface area contributed by atoms with Crippen LogP contribution in [0.5, 0.6) is 17.2 Å². The van der Waals surface area contributed by atoms with Crippen molar-refractivity contribution in [1.82, 2.24) is 10.2 Å². The minimum Gasteiger partial charge on any atom is -0.497 e. The molecule has 0 heterocycles. The number of methoxy groups -OCH3 is 2. The summed E-state index contributed by atoms with van der Waals surface area (Å²) in [5, 5.41) is 2.87. The van der Waals surface area contributed by atoms with E-state index in [2.05, 4.69) is 5.32 Å². The van der Waals surface area contributed by atoms with E-state index in [9.17, 15) is 9.59 Å². The van der Waals surface area contributed by atoms with Crippen molar-refractivity contribution in [3.63, 3.8) is 0 Å². The molecule has 0 aliphatic carbocycles. The second kappa shape index (κ2) is 12.7. The Labute approximate surface area is 188 Å². The SMILES string of the molecule is COc1ccc(OCCN(C)C(=O)C(CCSC)NC(=O)c2ccccc2OC)cc1. The Kier molecular flexibility index (Phi) is 10.0. The molecule has 31 heavy (non-hydrogen) atoms. The molecular formula is C23H30N2O5S. The van der Waals surface area contributed by atoms with Gasteiger partial charge in [0.2, 0.25) is 5.91 Å². The summed E-state index contributed by atoms with van der Waals surface area (Å²) in [7, 11) is 4.83. The summed E-state index contributed by atoms with van der Waals surface area (Å²) in [6.45, 7) is 0.732. The van der Waals surface area contributed by atoms with Crippen LogP contribution in [-0.2, 0) is 4.79 Å². The third-order valence-corrected chi connectivity index (χ3v) is 5.34. The number of nitrogens with one attached hydrogen (secondary N) is 1. The van der Waals surface area contributed by atoms with Gasteiger partial charge in [0.1, 0.15) is 29.9 Å². The minimum atomic E-state index is -0.629. The molecule has 2 rings (SSSR count). The second-order valence-electron chi connectivity index (χ2n) is 6.79. The molecule has 0 fully saturated rings. The summed E-state index contributed by atoms with van der Waals surface area (Å²) in [4.78, 5) is 27.3. The Morgan fingerprint density at radius 3 is 2.35 bits per heavy atom. The van der Waals surface area contributed by atoms with Gasteiger partial charge >= 0.3 is 0 Å². The first kappa shape index (κ1) is 24.4. The number of thioether (sulfide) groups is 1. The molecule has 0 aliphatic heterocycles. The van der Waals surface area contributed by atoms with Crippen LogP contribution in [0.25, 0.3) is 0 Å². The Morgan fingerprint density at radius 1 is 1.03 bits per heavy atom. The van der Waals surface area contributed by atoms with Crippen molar-refractivity contribution in [2.45, 2.75) is 12.5 Å². The van der Waals surface area contributed by atoms with Gasteiger partial charge in [-0.3, -0.25) is 9.59 Å². The highest BCUT2D eigenvalue weighted by atomic mass is 32.2. The maximum Gasteiger partial charge on any atom is 0.255 e. The van der Waals surface area contributed by atoms with Crippen molar-refractivity contribution in [2.75, 3.05) is 46.4 Å². The quantitative estimate of drug-likeness (QED) is 0.540. The summed E-state index contributed by atoms with van der Waals surface area (Å²) in [6.07, 6.45) is 2.50. The monoisotopic (exact) mass is 446 g/mol. The van der Waals surface area contributed by atoms with Crippen molar-refractivity contribution in [3.05, 3.63) is 54.1 Å². The average molecular weight is 447 g/mol. The molecule has 0 radical (unpaired) electrons. The molecule has 8 heteroatoms. The minimum absolute atomic E-state index is 0.157. The number of likely N-dealkylation sites (N-methyl/N-ethyl adjacent to an activating group) is 1. The van der Waals surface area contributed by atoms with Gasteiger partial charge in [-0.15, -0.1) is 0 Å². The van der Waals surface area contributed by atoms with Gasteiger partial charge in [0.25, 0.3) is 5.91 Å². The van der Waals surface area contributed by atoms with Crippen LogP contribution in [0.4, 0.5) is 0 Å². The van der Waals surface area contributed by atoms with E-state index < -0.39 is 6.04 Å². The van der Waals surface area contributed by atoms with Gasteiger partial charge in [-0.25, -0.2) is 0 Å². The van der Waals surface area contributed by atoms with E-state index in [0.29, 0.717) is 36.6 Å². The lowest BCUT2D eigenvalue weighted by Gasteiger charge is -2.25.